The molecule has 3 nitrogen and oxygen atoms in total. The molecule has 1 rings (SSSR count). The summed E-state index contributed by atoms with van der Waals surface area (Å²) in [7, 11) is 0. The van der Waals surface area contributed by atoms with Gasteiger partial charge in [0.05, 0.1) is 6.54 Å². The van der Waals surface area contributed by atoms with Gasteiger partial charge >= 0.3 is 0 Å². The fourth-order valence-electron chi connectivity index (χ4n) is 1.04. The highest BCUT2D eigenvalue weighted by atomic mass is 16.3. The Kier molecular flexibility index (Phi) is 2.27. The first kappa shape index (κ1) is 7.54. The van der Waals surface area contributed by atoms with Gasteiger partial charge < -0.3 is 10.0 Å². The minimum absolute atomic E-state index is 0.183. The van der Waals surface area contributed by atoms with Crippen molar-refractivity contribution in [1.82, 2.24) is 4.90 Å². The molecule has 3 heteroatoms. The second-order valence-electron chi connectivity index (χ2n) is 2.53. The van der Waals surface area contributed by atoms with Gasteiger partial charge in [-0.2, -0.15) is 0 Å². The van der Waals surface area contributed by atoms with Crippen molar-refractivity contribution in [1.29, 1.82) is 0 Å². The van der Waals surface area contributed by atoms with Crippen molar-refractivity contribution in [3.8, 4) is 0 Å². The fraction of sp³-hybridized carbons (Fsp3) is 0.714. The van der Waals surface area contributed by atoms with Crippen molar-refractivity contribution in [3.63, 3.8) is 0 Å². The first-order valence-corrected chi connectivity index (χ1v) is 3.53. The third kappa shape index (κ3) is 1.48. The van der Waals surface area contributed by atoms with Crippen LogP contribution in [0, 0.1) is 6.54 Å². The zero-order valence-electron chi connectivity index (χ0n) is 6.08. The molecule has 1 saturated heterocycles. The minimum atomic E-state index is -0.852. The molecule has 1 N–H and O–H groups in total. The molecular weight excluding hydrogens is 130 g/mol. The van der Waals surface area contributed by atoms with Crippen molar-refractivity contribution in [3.05, 3.63) is 6.54 Å². The van der Waals surface area contributed by atoms with Gasteiger partial charge in [0.25, 0.3) is 5.91 Å². The number of hydrogen-bond acceptors (Lipinski definition) is 2. The van der Waals surface area contributed by atoms with Crippen molar-refractivity contribution >= 4 is 5.91 Å². The number of rotatable bonds is 1. The van der Waals surface area contributed by atoms with Crippen LogP contribution in [0.15, 0.2) is 0 Å². The average molecular weight is 142 g/mol. The van der Waals surface area contributed by atoms with Crippen LogP contribution in [-0.2, 0) is 4.79 Å². The normalized spacial score (nSPS) is 21.2. The average Bonchev–Trinajstić information content (AvgIpc) is 2.36. The number of aliphatic hydroxyl groups excluding tert-OH is 1. The van der Waals surface area contributed by atoms with Gasteiger partial charge in [0.2, 0.25) is 0 Å². The van der Waals surface area contributed by atoms with E-state index in [0.29, 0.717) is 0 Å². The van der Waals surface area contributed by atoms with E-state index in [-0.39, 0.29) is 5.91 Å². The Hall–Kier alpha value is -0.570. The maximum absolute atomic E-state index is 11.0. The smallest absolute Gasteiger partial charge is 0.251 e. The lowest BCUT2D eigenvalue weighted by Gasteiger charge is -2.15. The number of hydrogen-bond donors (Lipinski definition) is 1. The number of likely N-dealkylation sites (tertiary alicyclic amines) is 1. The van der Waals surface area contributed by atoms with E-state index in [4.69, 9.17) is 5.11 Å². The quantitative estimate of drug-likeness (QED) is 0.566. The van der Waals surface area contributed by atoms with Crippen LogP contribution in [0.2, 0.25) is 0 Å². The summed E-state index contributed by atoms with van der Waals surface area (Å²) in [6.07, 6.45) is 1.13. The Balaban J connectivity index is 2.40. The Bertz CT molecular complexity index is 128. The zero-order valence-corrected chi connectivity index (χ0v) is 6.08. The molecule has 1 aliphatic heterocycles. The van der Waals surface area contributed by atoms with E-state index in [1.165, 1.54) is 6.92 Å². The molecule has 1 atom stereocenters. The molecule has 0 aromatic heterocycles. The van der Waals surface area contributed by atoms with Crippen LogP contribution in [0.4, 0.5) is 0 Å². The molecule has 0 aliphatic carbocycles. The molecular formula is C7H12NO2. The lowest BCUT2D eigenvalue weighted by Crippen LogP contribution is -2.33. The number of aliphatic hydroxyl groups is 1. The Morgan fingerprint density at radius 3 is 2.90 bits per heavy atom. The molecule has 10 heavy (non-hydrogen) atoms. The maximum atomic E-state index is 11.0. The van der Waals surface area contributed by atoms with E-state index >= 15 is 0 Å². The van der Waals surface area contributed by atoms with Gasteiger partial charge in [0.15, 0.2) is 0 Å². The number of carbonyl (C=O) groups excluding carboxylic acids is 1. The van der Waals surface area contributed by atoms with Crippen molar-refractivity contribution in [2.75, 3.05) is 6.54 Å². The van der Waals surface area contributed by atoms with E-state index < -0.39 is 6.10 Å². The molecule has 1 amide bonds. The zero-order chi connectivity index (χ0) is 7.56. The van der Waals surface area contributed by atoms with Gasteiger partial charge in [0, 0.05) is 6.54 Å². The molecule has 0 saturated carbocycles. The van der Waals surface area contributed by atoms with Crippen LogP contribution in [-0.4, -0.2) is 28.6 Å². The predicted molar refractivity (Wildman–Crippen MR) is 36.9 cm³/mol. The lowest BCUT2D eigenvalue weighted by atomic mass is 10.3. The van der Waals surface area contributed by atoms with Gasteiger partial charge in [-0.05, 0) is 19.8 Å². The second kappa shape index (κ2) is 3.01. The first-order valence-electron chi connectivity index (χ1n) is 3.53. The van der Waals surface area contributed by atoms with Crippen molar-refractivity contribution < 1.29 is 9.90 Å². The van der Waals surface area contributed by atoms with Gasteiger partial charge in [-0.15, -0.1) is 0 Å². The Morgan fingerprint density at radius 1 is 1.80 bits per heavy atom. The topological polar surface area (TPSA) is 40.5 Å². The molecule has 1 fully saturated rings. The Morgan fingerprint density at radius 2 is 2.50 bits per heavy atom. The number of carbonyl (C=O) groups is 1. The third-order valence-electron chi connectivity index (χ3n) is 1.59. The predicted octanol–water partition coefficient (Wildman–Crippen LogP) is 0.151. The molecule has 1 radical (unpaired) electrons. The van der Waals surface area contributed by atoms with Crippen LogP contribution in [0.5, 0.6) is 0 Å². The molecule has 0 aromatic rings. The molecule has 57 valence electrons. The van der Waals surface area contributed by atoms with Crippen LogP contribution in [0.1, 0.15) is 19.8 Å². The Labute approximate surface area is 60.6 Å². The molecule has 0 bridgehead atoms. The monoisotopic (exact) mass is 142 g/mol. The van der Waals surface area contributed by atoms with Gasteiger partial charge in [0.1, 0.15) is 6.10 Å². The molecule has 1 unspecified atom stereocenters. The van der Waals surface area contributed by atoms with Crippen LogP contribution in [0.3, 0.4) is 0 Å². The van der Waals surface area contributed by atoms with Crippen LogP contribution in [0.25, 0.3) is 0 Å². The molecule has 1 heterocycles. The summed E-state index contributed by atoms with van der Waals surface area (Å²) in [4.78, 5) is 12.6. The summed E-state index contributed by atoms with van der Waals surface area (Å²) >= 11 is 0. The van der Waals surface area contributed by atoms with Gasteiger partial charge in [-0.25, -0.2) is 0 Å². The largest absolute Gasteiger partial charge is 0.384 e. The summed E-state index contributed by atoms with van der Waals surface area (Å²) < 4.78 is 0. The highest BCUT2D eigenvalue weighted by Gasteiger charge is 2.21. The molecule has 0 aromatic carbocycles. The first-order chi connectivity index (χ1) is 4.72. The summed E-state index contributed by atoms with van der Waals surface area (Å²) in [5.74, 6) is -0.183. The van der Waals surface area contributed by atoms with Crippen LogP contribution >= 0.6 is 0 Å². The molecule has 1 aliphatic rings. The molecule has 0 spiro atoms. The highest BCUT2D eigenvalue weighted by molar-refractivity contribution is 5.81. The summed E-state index contributed by atoms with van der Waals surface area (Å²) in [6.45, 7) is 4.10. The van der Waals surface area contributed by atoms with E-state index in [9.17, 15) is 4.79 Å². The second-order valence-corrected chi connectivity index (χ2v) is 2.53. The standard InChI is InChI=1S/C7H12NO2/c1-6(9)7(10)8-4-2-3-5-8/h4,6,9H,2-3,5H2,1H3. The van der Waals surface area contributed by atoms with E-state index in [2.05, 4.69) is 0 Å². The summed E-state index contributed by atoms with van der Waals surface area (Å²) in [5, 5.41) is 8.87. The SMILES string of the molecule is CC(O)C(=O)N1[CH]CCC1. The summed E-state index contributed by atoms with van der Waals surface area (Å²) in [6, 6.07) is 0. The highest BCUT2D eigenvalue weighted by Crippen LogP contribution is 2.12. The van der Waals surface area contributed by atoms with Crippen molar-refractivity contribution in [2.45, 2.75) is 25.9 Å². The van der Waals surface area contributed by atoms with Crippen LogP contribution < -0.4 is 0 Å². The summed E-state index contributed by atoms with van der Waals surface area (Å²) in [5.41, 5.74) is 0. The van der Waals surface area contributed by atoms with Gasteiger partial charge in [-0.1, -0.05) is 0 Å². The number of amides is 1. The number of nitrogens with zero attached hydrogens (tertiary/aromatic N) is 1. The van der Waals surface area contributed by atoms with Gasteiger partial charge in [-0.3, -0.25) is 4.79 Å². The maximum Gasteiger partial charge on any atom is 0.251 e. The van der Waals surface area contributed by atoms with E-state index in [1.54, 1.807) is 4.90 Å². The fourth-order valence-corrected chi connectivity index (χ4v) is 1.04. The van der Waals surface area contributed by atoms with E-state index in [1.807, 2.05) is 6.54 Å². The van der Waals surface area contributed by atoms with Crippen molar-refractivity contribution in [2.24, 2.45) is 0 Å². The lowest BCUT2D eigenvalue weighted by molar-refractivity contribution is -0.136. The third-order valence-corrected chi connectivity index (χ3v) is 1.59. The van der Waals surface area contributed by atoms with E-state index in [0.717, 1.165) is 19.4 Å². The minimum Gasteiger partial charge on any atom is -0.384 e.